The van der Waals surface area contributed by atoms with E-state index in [4.69, 9.17) is 21.8 Å². The van der Waals surface area contributed by atoms with Gasteiger partial charge in [-0.2, -0.15) is 0 Å². The van der Waals surface area contributed by atoms with Gasteiger partial charge in [-0.1, -0.05) is 11.6 Å². The van der Waals surface area contributed by atoms with Crippen LogP contribution in [0.5, 0.6) is 0 Å². The predicted octanol–water partition coefficient (Wildman–Crippen LogP) is 0.941. The molecule has 0 rings (SSSR count). The maximum atomic E-state index is 9.74. The Morgan fingerprint density at radius 3 is 2.27 bits per heavy atom. The molecule has 0 heterocycles. The fraction of sp³-hybridized carbons (Fsp3) is 0.500. The van der Waals surface area contributed by atoms with Crippen molar-refractivity contribution < 1.29 is 29.3 Å². The van der Waals surface area contributed by atoms with E-state index in [1.807, 2.05) is 0 Å². The molecule has 1 atom stereocenters. The molecule has 6 nitrogen and oxygen atoms in total. The van der Waals surface area contributed by atoms with Gasteiger partial charge in [0.1, 0.15) is 6.61 Å². The number of carboxylic acid groups (broad SMARTS) is 2. The zero-order chi connectivity index (χ0) is 8.85. The number of halogens is 1. The van der Waals surface area contributed by atoms with Crippen molar-refractivity contribution in [1.29, 1.82) is 0 Å². The molecule has 0 aliphatic carbocycles. The molecule has 1 unspecified atom stereocenters. The van der Waals surface area contributed by atoms with Gasteiger partial charge in [-0.05, 0) is 0 Å². The number of ether oxygens (including phenoxy) is 2. The van der Waals surface area contributed by atoms with E-state index in [-0.39, 0.29) is 0 Å². The summed E-state index contributed by atoms with van der Waals surface area (Å²) < 4.78 is 7.80. The Hall–Kier alpha value is -1.17. The second-order valence-corrected chi connectivity index (χ2v) is 1.86. The molecule has 0 aromatic heterocycles. The number of rotatable bonds is 3. The Morgan fingerprint density at radius 2 is 1.91 bits per heavy atom. The second-order valence-electron chi connectivity index (χ2n) is 1.37. The third kappa shape index (κ3) is 6.72. The minimum atomic E-state index is -1.58. The summed E-state index contributed by atoms with van der Waals surface area (Å²) in [5.74, 6) is 0. The largest absolute Gasteiger partial charge is 0.507 e. The van der Waals surface area contributed by atoms with Gasteiger partial charge in [0.25, 0.3) is 0 Å². The Morgan fingerprint density at radius 1 is 1.36 bits per heavy atom. The van der Waals surface area contributed by atoms with E-state index in [0.717, 1.165) is 0 Å². The van der Waals surface area contributed by atoms with Gasteiger partial charge >= 0.3 is 12.3 Å². The van der Waals surface area contributed by atoms with Crippen LogP contribution in [0.4, 0.5) is 9.59 Å². The molecular weight excluding hydrogens is 179 g/mol. The molecule has 0 aliphatic heterocycles. The summed E-state index contributed by atoms with van der Waals surface area (Å²) in [4.78, 5) is 19.5. The van der Waals surface area contributed by atoms with Gasteiger partial charge in [0.05, 0.1) is 0 Å². The van der Waals surface area contributed by atoms with Crippen molar-refractivity contribution in [2.24, 2.45) is 0 Å². The van der Waals surface area contributed by atoms with Crippen molar-refractivity contribution in [2.75, 3.05) is 6.61 Å². The monoisotopic (exact) mass is 184 g/mol. The van der Waals surface area contributed by atoms with Crippen LogP contribution in [-0.4, -0.2) is 34.7 Å². The smallest absolute Gasteiger partial charge is 0.450 e. The van der Waals surface area contributed by atoms with Crippen LogP contribution in [0.25, 0.3) is 0 Å². The zero-order valence-corrected chi connectivity index (χ0v) is 5.95. The van der Waals surface area contributed by atoms with Gasteiger partial charge in [0.15, 0.2) is 0 Å². The Balaban J connectivity index is 3.44. The molecule has 11 heavy (non-hydrogen) atoms. The third-order valence-corrected chi connectivity index (χ3v) is 0.782. The average Bonchev–Trinajstić information content (AvgIpc) is 1.82. The van der Waals surface area contributed by atoms with Gasteiger partial charge in [-0.3, -0.25) is 0 Å². The van der Waals surface area contributed by atoms with Crippen LogP contribution in [0.2, 0.25) is 0 Å². The highest BCUT2D eigenvalue weighted by Gasteiger charge is 2.11. The number of carbonyl (C=O) groups is 2. The van der Waals surface area contributed by atoms with Crippen LogP contribution < -0.4 is 0 Å². The maximum Gasteiger partial charge on any atom is 0.507 e. The van der Waals surface area contributed by atoms with E-state index in [9.17, 15) is 9.59 Å². The van der Waals surface area contributed by atoms with Crippen molar-refractivity contribution in [3.8, 4) is 0 Å². The van der Waals surface area contributed by atoms with Gasteiger partial charge in [-0.25, -0.2) is 9.59 Å². The van der Waals surface area contributed by atoms with E-state index < -0.39 is 24.5 Å². The number of hydrogen-bond acceptors (Lipinski definition) is 4. The molecule has 0 saturated carbocycles. The SMILES string of the molecule is O=C(O)OCC(Cl)OC(=O)O. The maximum absolute atomic E-state index is 9.74. The van der Waals surface area contributed by atoms with Crippen molar-refractivity contribution in [3.63, 3.8) is 0 Å². The topological polar surface area (TPSA) is 93.1 Å². The minimum absolute atomic E-state index is 0.525. The number of alkyl halides is 1. The summed E-state index contributed by atoms with van der Waals surface area (Å²) >= 11 is 5.13. The fourth-order valence-electron chi connectivity index (χ4n) is 0.280. The molecular formula is C4H5ClO6. The van der Waals surface area contributed by atoms with Gasteiger partial charge in [0, 0.05) is 0 Å². The Bertz CT molecular complexity index is 157. The Labute approximate surface area is 66.3 Å². The van der Waals surface area contributed by atoms with Gasteiger partial charge in [-0.15, -0.1) is 0 Å². The van der Waals surface area contributed by atoms with Crippen LogP contribution >= 0.6 is 11.6 Å². The highest BCUT2D eigenvalue weighted by atomic mass is 35.5. The van der Waals surface area contributed by atoms with E-state index in [1.54, 1.807) is 0 Å². The second kappa shape index (κ2) is 4.62. The normalized spacial score (nSPS) is 11.7. The van der Waals surface area contributed by atoms with Crippen LogP contribution in [0.3, 0.4) is 0 Å². The Kier molecular flexibility index (Phi) is 4.12. The molecule has 0 amide bonds. The lowest BCUT2D eigenvalue weighted by Crippen LogP contribution is -2.18. The van der Waals surface area contributed by atoms with Crippen molar-refractivity contribution in [2.45, 2.75) is 5.56 Å². The molecule has 64 valence electrons. The van der Waals surface area contributed by atoms with Crippen LogP contribution in [0.1, 0.15) is 0 Å². The first kappa shape index (κ1) is 9.83. The van der Waals surface area contributed by atoms with E-state index in [0.29, 0.717) is 0 Å². The van der Waals surface area contributed by atoms with Crippen molar-refractivity contribution in [3.05, 3.63) is 0 Å². The fourth-order valence-corrected chi connectivity index (χ4v) is 0.419. The molecule has 0 bridgehead atoms. The van der Waals surface area contributed by atoms with Gasteiger partial charge < -0.3 is 19.7 Å². The van der Waals surface area contributed by atoms with Crippen molar-refractivity contribution in [1.82, 2.24) is 0 Å². The van der Waals surface area contributed by atoms with Crippen LogP contribution in [0, 0.1) is 0 Å². The van der Waals surface area contributed by atoms with Crippen LogP contribution in [-0.2, 0) is 9.47 Å². The standard InChI is InChI=1S/C4H5ClO6/c5-2(11-4(8)9)1-10-3(6)7/h2H,1H2,(H,6,7)(H,8,9). The average molecular weight is 185 g/mol. The highest BCUT2D eigenvalue weighted by Crippen LogP contribution is 1.99. The van der Waals surface area contributed by atoms with E-state index in [1.165, 1.54) is 0 Å². The van der Waals surface area contributed by atoms with Crippen LogP contribution in [0.15, 0.2) is 0 Å². The summed E-state index contributed by atoms with van der Waals surface area (Å²) in [5.41, 5.74) is -1.30. The summed E-state index contributed by atoms with van der Waals surface area (Å²) in [6, 6.07) is 0. The first-order valence-electron chi connectivity index (χ1n) is 2.41. The highest BCUT2D eigenvalue weighted by molar-refractivity contribution is 6.20. The van der Waals surface area contributed by atoms with E-state index in [2.05, 4.69) is 9.47 Å². The molecule has 2 N–H and O–H groups in total. The molecule has 7 heteroatoms. The number of hydrogen-bond donors (Lipinski definition) is 2. The summed E-state index contributed by atoms with van der Waals surface area (Å²) in [5, 5.41) is 15.9. The summed E-state index contributed by atoms with van der Waals surface area (Å²) in [6.07, 6.45) is -3.12. The molecule has 0 radical (unpaired) electrons. The third-order valence-electron chi connectivity index (χ3n) is 0.567. The first-order chi connectivity index (χ1) is 5.02. The molecule has 0 aliphatic rings. The van der Waals surface area contributed by atoms with E-state index >= 15 is 0 Å². The van der Waals surface area contributed by atoms with Gasteiger partial charge in [0.2, 0.25) is 5.56 Å². The summed E-state index contributed by atoms with van der Waals surface area (Å²) in [6.45, 7) is -0.525. The first-order valence-corrected chi connectivity index (χ1v) is 2.85. The summed E-state index contributed by atoms with van der Waals surface area (Å²) in [7, 11) is 0. The molecule has 0 fully saturated rings. The lowest BCUT2D eigenvalue weighted by atomic mass is 10.8. The lowest BCUT2D eigenvalue weighted by Gasteiger charge is -2.06. The molecule has 0 spiro atoms. The molecule has 0 aromatic rings. The van der Waals surface area contributed by atoms with Crippen molar-refractivity contribution >= 4 is 23.9 Å². The predicted molar refractivity (Wildman–Crippen MR) is 32.7 cm³/mol. The lowest BCUT2D eigenvalue weighted by molar-refractivity contribution is 0.0336. The quantitative estimate of drug-likeness (QED) is 0.501. The zero-order valence-electron chi connectivity index (χ0n) is 5.19. The molecule has 0 aromatic carbocycles. The molecule has 0 saturated heterocycles. The minimum Gasteiger partial charge on any atom is -0.450 e.